The zero-order chi connectivity index (χ0) is 44.8. The molecule has 0 radical (unpaired) electrons. The lowest BCUT2D eigenvalue weighted by Gasteiger charge is -2.42. The second kappa shape index (κ2) is 21.0. The first-order valence-electron chi connectivity index (χ1n) is 23.2. The minimum Gasteiger partial charge on any atom is -0.493 e. The van der Waals surface area contributed by atoms with Gasteiger partial charge in [-0.2, -0.15) is 0 Å². The van der Waals surface area contributed by atoms with Crippen LogP contribution < -0.4 is 14.8 Å². The van der Waals surface area contributed by atoms with Crippen LogP contribution in [0.2, 0.25) is 0 Å². The quantitative estimate of drug-likeness (QED) is 0.135. The van der Waals surface area contributed by atoms with Crippen LogP contribution in [0.1, 0.15) is 82.1 Å². The number of hydrogen-bond acceptors (Lipinski definition) is 7. The highest BCUT2D eigenvalue weighted by atomic mass is 19.1. The van der Waals surface area contributed by atoms with Crippen molar-refractivity contribution in [2.75, 3.05) is 53.5 Å². The van der Waals surface area contributed by atoms with Gasteiger partial charge >= 0.3 is 12.1 Å². The molecule has 4 aromatic carbocycles. The average Bonchev–Trinajstić information content (AvgIpc) is 4.05. The topological polar surface area (TPSA) is 86.8 Å². The first kappa shape index (κ1) is 47.8. The number of nitrogens with one attached hydrogen (secondary N) is 1. The number of nitrogens with zero attached hydrogens (tertiary/aromatic N) is 4. The Kier molecular flexibility index (Phi) is 15.4. The van der Waals surface area contributed by atoms with E-state index in [-0.39, 0.29) is 48.8 Å². The Morgan fingerprint density at radius 3 is 1.62 bits per heavy atom. The normalized spacial score (nSPS) is 21.5. The van der Waals surface area contributed by atoms with E-state index in [4.69, 9.17) is 14.2 Å². The van der Waals surface area contributed by atoms with Gasteiger partial charge < -0.3 is 34.2 Å². The molecule has 0 bridgehead atoms. The van der Waals surface area contributed by atoms with Crippen LogP contribution in [0.5, 0.6) is 11.5 Å². The number of likely N-dealkylation sites (tertiary alicyclic amines) is 2. The summed E-state index contributed by atoms with van der Waals surface area (Å²) in [5.74, 6) is 2.43. The molecule has 65 heavy (non-hydrogen) atoms. The Bertz CT molecular complexity index is 2000. The van der Waals surface area contributed by atoms with Crippen LogP contribution >= 0.6 is 0 Å². The van der Waals surface area contributed by atoms with Gasteiger partial charge in [-0.3, -0.25) is 4.90 Å². The van der Waals surface area contributed by atoms with Gasteiger partial charge in [0.15, 0.2) is 0 Å². The van der Waals surface area contributed by atoms with Crippen LogP contribution in [0.15, 0.2) is 97.1 Å². The Labute approximate surface area is 385 Å². The molecule has 350 valence electrons. The maximum Gasteiger partial charge on any atom is 0.411 e. The lowest BCUT2D eigenvalue weighted by Crippen LogP contribution is -2.56. The number of piperidine rings is 2. The maximum absolute atomic E-state index is 13.5. The number of hydrogen-bond donors (Lipinski definition) is 1. The van der Waals surface area contributed by atoms with Crippen LogP contribution in [0, 0.1) is 23.5 Å². The van der Waals surface area contributed by atoms with Crippen LogP contribution in [0.4, 0.5) is 18.4 Å². The summed E-state index contributed by atoms with van der Waals surface area (Å²) in [7, 11) is 4.22. The van der Waals surface area contributed by atoms with Crippen molar-refractivity contribution in [2.24, 2.45) is 11.8 Å². The standard InChI is InChI=1S/C26H34FN3O2.C26H31FN2O3.CH4/c1-19(2)18-32-23-10-6-21(7-11-23)17-30-24(16-20-4-8-22(27)9-5-20)26(28-25(30)31)12-14-29(3)15-13-26;1-28-14-12-26(13-15-28)24(16-19-4-8-22(27)9-5-19)29(25(30)32-26)17-20-6-10-23(11-7-20)31-18-21-2-3-21;/h4-11,19,24H,12-18H2,1-3H3,(H,28,31);4-11,21,24H,2-3,12-18H2,1H3;1H4. The molecule has 4 aromatic rings. The van der Waals surface area contributed by atoms with Crippen LogP contribution in [0.3, 0.4) is 0 Å². The number of amides is 3. The van der Waals surface area contributed by atoms with Crippen molar-refractivity contribution in [1.82, 2.24) is 24.9 Å². The molecule has 9 rings (SSSR count). The summed E-state index contributed by atoms with van der Waals surface area (Å²) in [6.45, 7) is 10.5. The molecule has 2 spiro atoms. The smallest absolute Gasteiger partial charge is 0.411 e. The van der Waals surface area contributed by atoms with E-state index in [0.29, 0.717) is 44.4 Å². The molecule has 5 fully saturated rings. The molecule has 0 aromatic heterocycles. The van der Waals surface area contributed by atoms with Gasteiger partial charge in [0.2, 0.25) is 0 Å². The van der Waals surface area contributed by atoms with Crippen LogP contribution in [-0.2, 0) is 30.7 Å². The van der Waals surface area contributed by atoms with Gasteiger partial charge in [0.05, 0.1) is 30.8 Å². The fourth-order valence-corrected chi connectivity index (χ4v) is 9.61. The van der Waals surface area contributed by atoms with Crippen molar-refractivity contribution in [3.8, 4) is 11.5 Å². The van der Waals surface area contributed by atoms with Gasteiger partial charge in [-0.25, -0.2) is 18.4 Å². The third kappa shape index (κ3) is 12.0. The molecule has 10 nitrogen and oxygen atoms in total. The number of carbonyl (C=O) groups is 2. The molecular weight excluding hydrogens is 825 g/mol. The van der Waals surface area contributed by atoms with Crippen molar-refractivity contribution in [3.05, 3.63) is 131 Å². The fourth-order valence-electron chi connectivity index (χ4n) is 9.61. The van der Waals surface area contributed by atoms with Gasteiger partial charge in [-0.1, -0.05) is 69.8 Å². The molecule has 4 heterocycles. The van der Waals surface area contributed by atoms with E-state index < -0.39 is 5.60 Å². The highest BCUT2D eigenvalue weighted by Crippen LogP contribution is 2.41. The Balaban J connectivity index is 0.000000191. The van der Waals surface area contributed by atoms with E-state index >= 15 is 0 Å². The number of ether oxygens (including phenoxy) is 3. The number of urea groups is 1. The highest BCUT2D eigenvalue weighted by Gasteiger charge is 2.55. The van der Waals surface area contributed by atoms with Crippen molar-refractivity contribution >= 4 is 12.1 Å². The van der Waals surface area contributed by atoms with Crippen molar-refractivity contribution in [2.45, 2.75) is 109 Å². The second-order valence-electron chi connectivity index (χ2n) is 19.3. The second-order valence-corrected chi connectivity index (χ2v) is 19.3. The number of benzene rings is 4. The molecule has 4 aliphatic heterocycles. The Hall–Kier alpha value is -5.20. The Morgan fingerprint density at radius 2 is 1.11 bits per heavy atom. The molecule has 5 aliphatic rings. The van der Waals surface area contributed by atoms with E-state index in [2.05, 4.69) is 43.1 Å². The predicted octanol–water partition coefficient (Wildman–Crippen LogP) is 9.74. The van der Waals surface area contributed by atoms with Crippen LogP contribution in [0.25, 0.3) is 0 Å². The molecule has 2 unspecified atom stereocenters. The van der Waals surface area contributed by atoms with E-state index in [9.17, 15) is 18.4 Å². The average molecular weight is 894 g/mol. The third-order valence-corrected chi connectivity index (χ3v) is 13.9. The van der Waals surface area contributed by atoms with Gasteiger partial charge in [-0.05, 0) is 135 Å². The summed E-state index contributed by atoms with van der Waals surface area (Å²) in [5.41, 5.74) is 3.44. The first-order chi connectivity index (χ1) is 30.8. The Morgan fingerprint density at radius 1 is 0.646 bits per heavy atom. The van der Waals surface area contributed by atoms with Crippen molar-refractivity contribution in [1.29, 1.82) is 0 Å². The predicted molar refractivity (Wildman–Crippen MR) is 251 cm³/mol. The van der Waals surface area contributed by atoms with Gasteiger partial charge in [0, 0.05) is 52.1 Å². The minimum atomic E-state index is -0.495. The van der Waals surface area contributed by atoms with Crippen LogP contribution in [-0.4, -0.2) is 108 Å². The van der Waals surface area contributed by atoms with Crippen molar-refractivity contribution in [3.63, 3.8) is 0 Å². The summed E-state index contributed by atoms with van der Waals surface area (Å²) >= 11 is 0. The van der Waals surface area contributed by atoms with Gasteiger partial charge in [0.1, 0.15) is 28.7 Å². The highest BCUT2D eigenvalue weighted by molar-refractivity contribution is 5.79. The molecule has 3 amide bonds. The molecule has 12 heteroatoms. The summed E-state index contributed by atoms with van der Waals surface area (Å²) in [4.78, 5) is 34.6. The molecule has 4 saturated heterocycles. The van der Waals surface area contributed by atoms with E-state index in [1.165, 1.54) is 37.1 Å². The summed E-state index contributed by atoms with van der Waals surface area (Å²) in [6, 6.07) is 29.3. The fraction of sp³-hybridized carbons (Fsp3) is 0.509. The lowest BCUT2D eigenvalue weighted by molar-refractivity contribution is -0.0165. The number of halogens is 2. The zero-order valence-corrected chi connectivity index (χ0v) is 37.9. The third-order valence-electron chi connectivity index (χ3n) is 13.9. The molecule has 1 N–H and O–H groups in total. The molecule has 2 atom stereocenters. The van der Waals surface area contributed by atoms with Gasteiger partial charge in [-0.15, -0.1) is 0 Å². The monoisotopic (exact) mass is 894 g/mol. The summed E-state index contributed by atoms with van der Waals surface area (Å²) in [5, 5.41) is 3.35. The molecule has 1 aliphatic carbocycles. The molecular formula is C53H69F2N5O5. The molecule has 1 saturated carbocycles. The minimum absolute atomic E-state index is 0. The summed E-state index contributed by atoms with van der Waals surface area (Å²) < 4.78 is 44.6. The van der Waals surface area contributed by atoms with E-state index in [1.807, 2.05) is 82.6 Å². The first-order valence-corrected chi connectivity index (χ1v) is 23.2. The van der Waals surface area contributed by atoms with E-state index in [0.717, 1.165) is 92.2 Å². The number of carbonyl (C=O) groups excluding carboxylic acids is 2. The van der Waals surface area contributed by atoms with E-state index in [1.54, 1.807) is 0 Å². The SMILES string of the molecule is C.CC(C)COc1ccc(CN2C(=O)NC3(CCN(C)CC3)C2Cc2ccc(F)cc2)cc1.CN1CCC2(CC1)OC(=O)N(Cc1ccc(OCC3CC3)cc1)C2Cc1ccc(F)cc1. The largest absolute Gasteiger partial charge is 0.493 e. The maximum atomic E-state index is 13.5. The lowest BCUT2D eigenvalue weighted by atomic mass is 9.79. The van der Waals surface area contributed by atoms with Gasteiger partial charge in [0.25, 0.3) is 0 Å². The summed E-state index contributed by atoms with van der Waals surface area (Å²) in [6.07, 6.45) is 7.09. The number of rotatable bonds is 14. The zero-order valence-electron chi connectivity index (χ0n) is 37.9. The van der Waals surface area contributed by atoms with Crippen molar-refractivity contribution < 1.29 is 32.6 Å².